The minimum Gasteiger partial charge on any atom is -0.424 e. The molecule has 4 rings (SSSR count). The lowest BCUT2D eigenvalue weighted by molar-refractivity contribution is 0.102. The third-order valence-electron chi connectivity index (χ3n) is 4.40. The van der Waals surface area contributed by atoms with Crippen LogP contribution in [0, 0.1) is 0 Å². The fraction of sp³-hybridized carbons (Fsp3) is 0. The standard InChI is InChI=1S/C24H17BrN4O3/c25-20-8-3-1-6-18(20)22(30)29-21-9-4-2-7-19(21)23(31)28-16-10-12-17(13-11-16)32-24-26-14-5-15-27-24/h1-15H,(H,28,31)(H,29,30). The average Bonchev–Trinajstić information content (AvgIpc) is 2.81. The van der Waals surface area contributed by atoms with Gasteiger partial charge in [0.05, 0.1) is 16.8 Å². The summed E-state index contributed by atoms with van der Waals surface area (Å²) in [6.07, 6.45) is 3.17. The molecule has 1 aromatic heterocycles. The maximum atomic E-state index is 12.9. The summed E-state index contributed by atoms with van der Waals surface area (Å²) in [7, 11) is 0. The molecule has 158 valence electrons. The first-order valence-electron chi connectivity index (χ1n) is 9.61. The highest BCUT2D eigenvalue weighted by molar-refractivity contribution is 9.10. The maximum Gasteiger partial charge on any atom is 0.321 e. The van der Waals surface area contributed by atoms with E-state index in [1.807, 2.05) is 6.07 Å². The topological polar surface area (TPSA) is 93.2 Å². The fourth-order valence-corrected chi connectivity index (χ4v) is 3.34. The molecule has 0 radical (unpaired) electrons. The Bertz CT molecular complexity index is 1250. The normalized spacial score (nSPS) is 10.3. The minimum absolute atomic E-state index is 0.235. The van der Waals surface area contributed by atoms with Crippen molar-refractivity contribution in [2.45, 2.75) is 0 Å². The van der Waals surface area contributed by atoms with Crippen molar-refractivity contribution >= 4 is 39.1 Å². The first-order chi connectivity index (χ1) is 15.6. The van der Waals surface area contributed by atoms with Crippen LogP contribution in [0.25, 0.3) is 0 Å². The van der Waals surface area contributed by atoms with Crippen LogP contribution in [0.3, 0.4) is 0 Å². The number of benzene rings is 3. The highest BCUT2D eigenvalue weighted by Gasteiger charge is 2.15. The van der Waals surface area contributed by atoms with E-state index >= 15 is 0 Å². The highest BCUT2D eigenvalue weighted by atomic mass is 79.9. The summed E-state index contributed by atoms with van der Waals surface area (Å²) in [5.41, 5.74) is 1.79. The predicted octanol–water partition coefficient (Wildman–Crippen LogP) is 5.54. The van der Waals surface area contributed by atoms with Crippen LogP contribution in [0.4, 0.5) is 11.4 Å². The molecule has 0 bridgehead atoms. The van der Waals surface area contributed by atoms with Crippen LogP contribution in [-0.2, 0) is 0 Å². The van der Waals surface area contributed by atoms with E-state index in [9.17, 15) is 9.59 Å². The SMILES string of the molecule is O=C(Nc1ccccc1C(=O)Nc1ccc(Oc2ncccn2)cc1)c1ccccc1Br. The number of halogens is 1. The van der Waals surface area contributed by atoms with Crippen molar-refractivity contribution in [1.29, 1.82) is 0 Å². The summed E-state index contributed by atoms with van der Waals surface area (Å²) in [4.78, 5) is 33.5. The quantitative estimate of drug-likeness (QED) is 0.371. The van der Waals surface area contributed by atoms with Crippen LogP contribution in [0.15, 0.2) is 95.7 Å². The second kappa shape index (κ2) is 9.84. The van der Waals surface area contributed by atoms with Gasteiger partial charge >= 0.3 is 6.01 Å². The Morgan fingerprint density at radius 1 is 0.719 bits per heavy atom. The molecule has 8 heteroatoms. The number of hydrogen-bond acceptors (Lipinski definition) is 5. The van der Waals surface area contributed by atoms with Crippen molar-refractivity contribution in [1.82, 2.24) is 9.97 Å². The van der Waals surface area contributed by atoms with Crippen molar-refractivity contribution in [2.75, 3.05) is 10.6 Å². The molecule has 4 aromatic rings. The number of hydrogen-bond donors (Lipinski definition) is 2. The number of nitrogens with zero attached hydrogens (tertiary/aromatic N) is 2. The number of anilines is 2. The van der Waals surface area contributed by atoms with Gasteiger partial charge in [0.1, 0.15) is 5.75 Å². The van der Waals surface area contributed by atoms with Gasteiger partial charge < -0.3 is 15.4 Å². The van der Waals surface area contributed by atoms with Gasteiger partial charge in [0, 0.05) is 22.6 Å². The molecule has 0 atom stereocenters. The molecule has 0 aliphatic heterocycles. The summed E-state index contributed by atoms with van der Waals surface area (Å²) in [6.45, 7) is 0. The zero-order chi connectivity index (χ0) is 22.3. The molecule has 0 aliphatic carbocycles. The lowest BCUT2D eigenvalue weighted by Gasteiger charge is -2.12. The predicted molar refractivity (Wildman–Crippen MR) is 125 cm³/mol. The van der Waals surface area contributed by atoms with Gasteiger partial charge in [-0.15, -0.1) is 0 Å². The van der Waals surface area contributed by atoms with Gasteiger partial charge in [0.15, 0.2) is 0 Å². The molecule has 0 fully saturated rings. The number of rotatable bonds is 6. The second-order valence-corrected chi connectivity index (χ2v) is 7.45. The van der Waals surface area contributed by atoms with Crippen LogP contribution in [0.2, 0.25) is 0 Å². The molecule has 2 amide bonds. The van der Waals surface area contributed by atoms with E-state index in [1.165, 1.54) is 0 Å². The molecule has 3 aromatic carbocycles. The van der Waals surface area contributed by atoms with Gasteiger partial charge in [-0.1, -0.05) is 24.3 Å². The summed E-state index contributed by atoms with van der Waals surface area (Å²) in [5.74, 6) is -0.134. The molecule has 1 heterocycles. The Morgan fingerprint density at radius 2 is 1.34 bits per heavy atom. The molecule has 0 unspecified atom stereocenters. The van der Waals surface area contributed by atoms with Gasteiger partial charge in [-0.3, -0.25) is 9.59 Å². The van der Waals surface area contributed by atoms with Crippen molar-refractivity contribution < 1.29 is 14.3 Å². The first-order valence-corrected chi connectivity index (χ1v) is 10.4. The van der Waals surface area contributed by atoms with Gasteiger partial charge in [0.2, 0.25) is 0 Å². The van der Waals surface area contributed by atoms with E-state index < -0.39 is 0 Å². The molecule has 0 saturated carbocycles. The first kappa shape index (κ1) is 21.2. The third kappa shape index (κ3) is 5.16. The molecule has 0 saturated heterocycles. The summed E-state index contributed by atoms with van der Waals surface area (Å²) >= 11 is 3.37. The number of amides is 2. The van der Waals surface area contributed by atoms with Crippen molar-refractivity contribution in [3.8, 4) is 11.8 Å². The molecule has 0 spiro atoms. The van der Waals surface area contributed by atoms with Crippen LogP contribution in [-0.4, -0.2) is 21.8 Å². The number of para-hydroxylation sites is 1. The minimum atomic E-state index is -0.354. The van der Waals surface area contributed by atoms with Gasteiger partial charge in [-0.05, 0) is 70.5 Å². The lowest BCUT2D eigenvalue weighted by atomic mass is 10.1. The van der Waals surface area contributed by atoms with Crippen molar-refractivity contribution in [3.63, 3.8) is 0 Å². The summed E-state index contributed by atoms with van der Waals surface area (Å²) < 4.78 is 6.22. The summed E-state index contributed by atoms with van der Waals surface area (Å²) in [6, 6.07) is 22.7. The number of aromatic nitrogens is 2. The van der Waals surface area contributed by atoms with Gasteiger partial charge in [-0.25, -0.2) is 9.97 Å². The van der Waals surface area contributed by atoms with E-state index in [1.54, 1.807) is 85.2 Å². The second-order valence-electron chi connectivity index (χ2n) is 6.59. The van der Waals surface area contributed by atoms with Crippen molar-refractivity contribution in [2.24, 2.45) is 0 Å². The number of carbonyl (C=O) groups is 2. The number of carbonyl (C=O) groups excluding carboxylic acids is 2. The molecular formula is C24H17BrN4O3. The molecule has 7 nitrogen and oxygen atoms in total. The number of nitrogens with one attached hydrogen (secondary N) is 2. The zero-order valence-electron chi connectivity index (χ0n) is 16.7. The Kier molecular flexibility index (Phi) is 6.52. The fourth-order valence-electron chi connectivity index (χ4n) is 2.87. The smallest absolute Gasteiger partial charge is 0.321 e. The Morgan fingerprint density at radius 3 is 2.06 bits per heavy atom. The average molecular weight is 489 g/mol. The van der Waals surface area contributed by atoms with Crippen LogP contribution >= 0.6 is 15.9 Å². The maximum absolute atomic E-state index is 12.9. The van der Waals surface area contributed by atoms with E-state index in [4.69, 9.17) is 4.74 Å². The van der Waals surface area contributed by atoms with E-state index in [0.717, 1.165) is 0 Å². The Labute approximate surface area is 192 Å². The van der Waals surface area contributed by atoms with E-state index in [-0.39, 0.29) is 17.8 Å². The van der Waals surface area contributed by atoms with Crippen LogP contribution < -0.4 is 15.4 Å². The van der Waals surface area contributed by atoms with Gasteiger partial charge in [-0.2, -0.15) is 0 Å². The van der Waals surface area contributed by atoms with Gasteiger partial charge in [0.25, 0.3) is 11.8 Å². The monoisotopic (exact) mass is 488 g/mol. The summed E-state index contributed by atoms with van der Waals surface area (Å²) in [5, 5.41) is 5.63. The van der Waals surface area contributed by atoms with Crippen LogP contribution in [0.1, 0.15) is 20.7 Å². The number of ether oxygens (including phenoxy) is 1. The van der Waals surface area contributed by atoms with Crippen LogP contribution in [0.5, 0.6) is 11.8 Å². The van der Waals surface area contributed by atoms with E-state index in [0.29, 0.717) is 32.7 Å². The Hall–Kier alpha value is -4.04. The Balaban J connectivity index is 1.46. The molecule has 0 aliphatic rings. The third-order valence-corrected chi connectivity index (χ3v) is 5.09. The van der Waals surface area contributed by atoms with E-state index in [2.05, 4.69) is 36.5 Å². The van der Waals surface area contributed by atoms with Crippen molar-refractivity contribution in [3.05, 3.63) is 107 Å². The lowest BCUT2D eigenvalue weighted by Crippen LogP contribution is -2.18. The highest BCUT2D eigenvalue weighted by Crippen LogP contribution is 2.23. The molecule has 2 N–H and O–H groups in total. The largest absolute Gasteiger partial charge is 0.424 e. The molecule has 32 heavy (non-hydrogen) atoms. The molecular weight excluding hydrogens is 472 g/mol. The zero-order valence-corrected chi connectivity index (χ0v) is 18.2.